The predicted molar refractivity (Wildman–Crippen MR) is 85.3 cm³/mol. The van der Waals surface area contributed by atoms with Gasteiger partial charge in [-0.05, 0) is 38.1 Å². The van der Waals surface area contributed by atoms with Gasteiger partial charge in [-0.1, -0.05) is 12.1 Å². The van der Waals surface area contributed by atoms with Gasteiger partial charge in [0, 0.05) is 0 Å². The Labute approximate surface area is 129 Å². The summed E-state index contributed by atoms with van der Waals surface area (Å²) in [5.74, 6) is 1.80. The Morgan fingerprint density at radius 2 is 2.09 bits per heavy atom. The SMILES string of the molecule is COc1ccccc1NC(C)C(=O)N/N=C/c1ccc(C)o1. The maximum absolute atomic E-state index is 12.0. The van der Waals surface area contributed by atoms with Gasteiger partial charge >= 0.3 is 0 Å². The number of nitrogens with zero attached hydrogens (tertiary/aromatic N) is 1. The lowest BCUT2D eigenvalue weighted by molar-refractivity contribution is -0.121. The Balaban J connectivity index is 1.90. The lowest BCUT2D eigenvalue weighted by Gasteiger charge is -2.15. The molecule has 0 fully saturated rings. The van der Waals surface area contributed by atoms with Crippen molar-refractivity contribution in [1.29, 1.82) is 0 Å². The van der Waals surface area contributed by atoms with Gasteiger partial charge in [0.25, 0.3) is 5.91 Å². The minimum absolute atomic E-state index is 0.259. The minimum Gasteiger partial charge on any atom is -0.495 e. The van der Waals surface area contributed by atoms with E-state index in [-0.39, 0.29) is 5.91 Å². The topological polar surface area (TPSA) is 75.9 Å². The van der Waals surface area contributed by atoms with E-state index in [1.165, 1.54) is 6.21 Å². The summed E-state index contributed by atoms with van der Waals surface area (Å²) < 4.78 is 10.5. The van der Waals surface area contributed by atoms with Gasteiger partial charge in [0.2, 0.25) is 0 Å². The molecule has 1 unspecified atom stereocenters. The molecule has 1 heterocycles. The molecular formula is C16H19N3O3. The Hall–Kier alpha value is -2.76. The quantitative estimate of drug-likeness (QED) is 0.635. The highest BCUT2D eigenvalue weighted by Gasteiger charge is 2.13. The molecule has 0 radical (unpaired) electrons. The number of nitrogens with one attached hydrogen (secondary N) is 2. The fourth-order valence-corrected chi connectivity index (χ4v) is 1.84. The Morgan fingerprint density at radius 3 is 2.77 bits per heavy atom. The van der Waals surface area contributed by atoms with E-state index in [4.69, 9.17) is 9.15 Å². The summed E-state index contributed by atoms with van der Waals surface area (Å²) in [5.41, 5.74) is 3.21. The molecule has 6 nitrogen and oxygen atoms in total. The van der Waals surface area contributed by atoms with E-state index < -0.39 is 6.04 Å². The molecule has 0 bridgehead atoms. The van der Waals surface area contributed by atoms with Crippen molar-refractivity contribution in [2.45, 2.75) is 19.9 Å². The van der Waals surface area contributed by atoms with E-state index in [0.717, 1.165) is 11.4 Å². The first-order valence-electron chi connectivity index (χ1n) is 6.89. The molecule has 0 spiro atoms. The zero-order chi connectivity index (χ0) is 15.9. The van der Waals surface area contributed by atoms with Crippen LogP contribution in [0, 0.1) is 6.92 Å². The zero-order valence-corrected chi connectivity index (χ0v) is 12.8. The number of anilines is 1. The van der Waals surface area contributed by atoms with E-state index >= 15 is 0 Å². The number of rotatable bonds is 6. The summed E-state index contributed by atoms with van der Waals surface area (Å²) in [6, 6.07) is 10.5. The van der Waals surface area contributed by atoms with E-state index in [1.54, 1.807) is 20.1 Å². The van der Waals surface area contributed by atoms with Gasteiger partial charge in [-0.2, -0.15) is 5.10 Å². The summed E-state index contributed by atoms with van der Waals surface area (Å²) in [4.78, 5) is 12.0. The number of hydrazone groups is 1. The van der Waals surface area contributed by atoms with Crippen LogP contribution >= 0.6 is 0 Å². The monoisotopic (exact) mass is 301 g/mol. The highest BCUT2D eigenvalue weighted by molar-refractivity contribution is 5.86. The van der Waals surface area contributed by atoms with E-state index in [0.29, 0.717) is 11.5 Å². The summed E-state index contributed by atoms with van der Waals surface area (Å²) in [7, 11) is 1.58. The summed E-state index contributed by atoms with van der Waals surface area (Å²) >= 11 is 0. The molecule has 2 N–H and O–H groups in total. The molecule has 0 aliphatic carbocycles. The van der Waals surface area contributed by atoms with E-state index in [1.807, 2.05) is 37.3 Å². The van der Waals surface area contributed by atoms with Crippen LogP contribution in [-0.4, -0.2) is 25.3 Å². The number of hydrogen-bond acceptors (Lipinski definition) is 5. The maximum atomic E-state index is 12.0. The summed E-state index contributed by atoms with van der Waals surface area (Å²) in [6.45, 7) is 3.59. The number of furan rings is 1. The van der Waals surface area contributed by atoms with Crippen molar-refractivity contribution >= 4 is 17.8 Å². The Kier molecular flexibility index (Phi) is 5.19. The minimum atomic E-state index is -0.466. The van der Waals surface area contributed by atoms with Crippen LogP contribution in [0.3, 0.4) is 0 Å². The van der Waals surface area contributed by atoms with Gasteiger partial charge in [0.15, 0.2) is 0 Å². The highest BCUT2D eigenvalue weighted by Crippen LogP contribution is 2.23. The molecule has 1 atom stereocenters. The van der Waals surface area contributed by atoms with Crippen molar-refractivity contribution < 1.29 is 13.9 Å². The van der Waals surface area contributed by atoms with Crippen LogP contribution in [0.4, 0.5) is 5.69 Å². The van der Waals surface area contributed by atoms with Crippen LogP contribution < -0.4 is 15.5 Å². The van der Waals surface area contributed by atoms with Gasteiger partial charge in [0.05, 0.1) is 19.0 Å². The molecular weight excluding hydrogens is 282 g/mol. The Bertz CT molecular complexity index is 664. The number of methoxy groups -OCH3 is 1. The first-order chi connectivity index (χ1) is 10.6. The van der Waals surface area contributed by atoms with Crippen LogP contribution in [0.1, 0.15) is 18.4 Å². The molecule has 22 heavy (non-hydrogen) atoms. The van der Waals surface area contributed by atoms with Gasteiger partial charge in [-0.25, -0.2) is 5.43 Å². The zero-order valence-electron chi connectivity index (χ0n) is 12.8. The second-order valence-corrected chi connectivity index (χ2v) is 4.75. The van der Waals surface area contributed by atoms with Crippen molar-refractivity contribution in [2.24, 2.45) is 5.10 Å². The van der Waals surface area contributed by atoms with Gasteiger partial charge in [-0.15, -0.1) is 0 Å². The maximum Gasteiger partial charge on any atom is 0.262 e. The van der Waals surface area contributed by atoms with Crippen molar-refractivity contribution in [3.05, 3.63) is 47.9 Å². The van der Waals surface area contributed by atoms with E-state index in [2.05, 4.69) is 15.8 Å². The standard InChI is InChI=1S/C16H19N3O3/c1-11-8-9-13(22-11)10-17-19-16(20)12(2)18-14-6-4-5-7-15(14)21-3/h4-10,12,18H,1-3H3,(H,19,20)/b17-10+. The van der Waals surface area contributed by atoms with Gasteiger partial charge in [-0.3, -0.25) is 4.79 Å². The number of carbonyl (C=O) groups is 1. The second-order valence-electron chi connectivity index (χ2n) is 4.75. The second kappa shape index (κ2) is 7.31. The fourth-order valence-electron chi connectivity index (χ4n) is 1.84. The van der Waals surface area contributed by atoms with Crippen molar-refractivity contribution in [3.8, 4) is 5.75 Å². The van der Waals surface area contributed by atoms with Crippen LogP contribution in [0.2, 0.25) is 0 Å². The molecule has 0 saturated carbocycles. The molecule has 6 heteroatoms. The smallest absolute Gasteiger partial charge is 0.262 e. The van der Waals surface area contributed by atoms with Gasteiger partial charge in [0.1, 0.15) is 23.3 Å². The first kappa shape index (κ1) is 15.6. The van der Waals surface area contributed by atoms with Crippen molar-refractivity contribution in [2.75, 3.05) is 12.4 Å². The van der Waals surface area contributed by atoms with Crippen LogP contribution in [0.25, 0.3) is 0 Å². The van der Waals surface area contributed by atoms with Crippen LogP contribution in [0.15, 0.2) is 45.9 Å². The number of carbonyl (C=O) groups excluding carboxylic acids is 1. The largest absolute Gasteiger partial charge is 0.495 e. The van der Waals surface area contributed by atoms with Crippen molar-refractivity contribution in [3.63, 3.8) is 0 Å². The van der Waals surface area contributed by atoms with E-state index in [9.17, 15) is 4.79 Å². The highest BCUT2D eigenvalue weighted by atomic mass is 16.5. The number of amides is 1. The lowest BCUT2D eigenvalue weighted by Crippen LogP contribution is -2.35. The normalized spacial score (nSPS) is 12.1. The third kappa shape index (κ3) is 4.12. The fraction of sp³-hybridized carbons (Fsp3) is 0.250. The third-order valence-corrected chi connectivity index (χ3v) is 3.00. The average Bonchev–Trinajstić information content (AvgIpc) is 2.93. The summed E-state index contributed by atoms with van der Waals surface area (Å²) in [6.07, 6.45) is 1.46. The van der Waals surface area contributed by atoms with Crippen LogP contribution in [0.5, 0.6) is 5.75 Å². The molecule has 2 rings (SSSR count). The first-order valence-corrected chi connectivity index (χ1v) is 6.89. The lowest BCUT2D eigenvalue weighted by atomic mass is 10.2. The summed E-state index contributed by atoms with van der Waals surface area (Å²) in [5, 5.41) is 6.95. The molecule has 0 aliphatic heterocycles. The Morgan fingerprint density at radius 1 is 1.32 bits per heavy atom. The molecule has 1 aromatic carbocycles. The molecule has 0 saturated heterocycles. The number of hydrogen-bond donors (Lipinski definition) is 2. The number of ether oxygens (including phenoxy) is 1. The predicted octanol–water partition coefficient (Wildman–Crippen LogP) is 2.55. The van der Waals surface area contributed by atoms with Crippen LogP contribution in [-0.2, 0) is 4.79 Å². The molecule has 1 aromatic heterocycles. The average molecular weight is 301 g/mol. The molecule has 116 valence electrons. The number of para-hydroxylation sites is 2. The number of aryl methyl sites for hydroxylation is 1. The molecule has 2 aromatic rings. The van der Waals surface area contributed by atoms with Crippen molar-refractivity contribution in [1.82, 2.24) is 5.43 Å². The molecule has 0 aliphatic rings. The molecule has 1 amide bonds. The van der Waals surface area contributed by atoms with Gasteiger partial charge < -0.3 is 14.5 Å². The third-order valence-electron chi connectivity index (χ3n) is 3.00. The number of benzene rings is 1.